The van der Waals surface area contributed by atoms with E-state index in [1.807, 2.05) is 24.3 Å². The maximum Gasteiger partial charge on any atom is 0.140 e. The number of nitrogens with zero attached hydrogens (tertiary/aromatic N) is 3. The maximum absolute atomic E-state index is 9.63. The van der Waals surface area contributed by atoms with Gasteiger partial charge in [0.15, 0.2) is 0 Å². The van der Waals surface area contributed by atoms with Crippen LogP contribution in [0, 0.1) is 11.3 Å². The standard InChI is InChI=1S/C22H16Cl2N4/c23-19-9-8-14(10-20(19)24)13-28-22(26)18(12-25)21(27-28)11-16-6-3-5-15-4-1-2-7-17(15)16/h1-10H,11,13,26H2. The molecule has 0 aliphatic heterocycles. The van der Waals surface area contributed by atoms with Crippen molar-refractivity contribution in [1.29, 1.82) is 5.26 Å². The number of rotatable bonds is 4. The smallest absolute Gasteiger partial charge is 0.140 e. The highest BCUT2D eigenvalue weighted by atomic mass is 35.5. The quantitative estimate of drug-likeness (QED) is 0.490. The average molecular weight is 407 g/mol. The molecule has 0 unspecified atom stereocenters. The molecule has 0 aliphatic rings. The van der Waals surface area contributed by atoms with Gasteiger partial charge in [-0.3, -0.25) is 0 Å². The predicted octanol–water partition coefficient (Wildman–Crippen LogP) is 5.44. The Kier molecular flexibility index (Phi) is 4.95. The normalized spacial score (nSPS) is 10.9. The van der Waals surface area contributed by atoms with Crippen LogP contribution in [0.15, 0.2) is 60.7 Å². The van der Waals surface area contributed by atoms with E-state index in [1.54, 1.807) is 16.8 Å². The fraction of sp³-hybridized carbons (Fsp3) is 0.0909. The van der Waals surface area contributed by atoms with Crippen LogP contribution in [-0.2, 0) is 13.0 Å². The molecule has 2 N–H and O–H groups in total. The monoisotopic (exact) mass is 406 g/mol. The molecule has 0 spiro atoms. The van der Waals surface area contributed by atoms with Crippen molar-refractivity contribution in [2.45, 2.75) is 13.0 Å². The Hall–Kier alpha value is -3.00. The van der Waals surface area contributed by atoms with Gasteiger partial charge in [0.05, 0.1) is 22.3 Å². The summed E-state index contributed by atoms with van der Waals surface area (Å²) in [6.07, 6.45) is 0.531. The summed E-state index contributed by atoms with van der Waals surface area (Å²) in [5.74, 6) is 0.351. The molecule has 0 aliphatic carbocycles. The Bertz CT molecular complexity index is 1220. The van der Waals surface area contributed by atoms with Crippen molar-refractivity contribution in [3.63, 3.8) is 0 Å². The predicted molar refractivity (Wildman–Crippen MR) is 114 cm³/mol. The summed E-state index contributed by atoms with van der Waals surface area (Å²) in [5.41, 5.74) is 9.30. The van der Waals surface area contributed by atoms with Gasteiger partial charge in [-0.05, 0) is 34.0 Å². The van der Waals surface area contributed by atoms with Crippen LogP contribution in [0.3, 0.4) is 0 Å². The molecule has 0 bridgehead atoms. The molecule has 28 heavy (non-hydrogen) atoms. The van der Waals surface area contributed by atoms with Crippen LogP contribution in [-0.4, -0.2) is 9.78 Å². The van der Waals surface area contributed by atoms with E-state index in [1.165, 1.54) is 0 Å². The third kappa shape index (κ3) is 3.43. The van der Waals surface area contributed by atoms with Crippen molar-refractivity contribution in [3.8, 4) is 6.07 Å². The van der Waals surface area contributed by atoms with Gasteiger partial charge in [0.2, 0.25) is 0 Å². The highest BCUT2D eigenvalue weighted by Gasteiger charge is 2.17. The second-order valence-electron chi connectivity index (χ2n) is 6.54. The molecule has 3 aromatic carbocycles. The number of benzene rings is 3. The second kappa shape index (κ2) is 7.55. The molecular weight excluding hydrogens is 391 g/mol. The number of halogens is 2. The Morgan fingerprint density at radius 3 is 2.57 bits per heavy atom. The molecule has 1 heterocycles. The fourth-order valence-electron chi connectivity index (χ4n) is 3.33. The van der Waals surface area contributed by atoms with Crippen molar-refractivity contribution in [2.24, 2.45) is 0 Å². The molecule has 0 radical (unpaired) electrons. The Morgan fingerprint density at radius 2 is 1.79 bits per heavy atom. The Morgan fingerprint density at radius 1 is 1.00 bits per heavy atom. The lowest BCUT2D eigenvalue weighted by Gasteiger charge is -2.06. The molecule has 0 fully saturated rings. The lowest BCUT2D eigenvalue weighted by atomic mass is 10.00. The highest BCUT2D eigenvalue weighted by molar-refractivity contribution is 6.42. The molecule has 138 valence electrons. The zero-order valence-corrected chi connectivity index (χ0v) is 16.4. The van der Waals surface area contributed by atoms with Crippen LogP contribution in [0.2, 0.25) is 10.0 Å². The van der Waals surface area contributed by atoms with Crippen molar-refractivity contribution in [3.05, 3.63) is 93.1 Å². The first-order chi connectivity index (χ1) is 13.6. The maximum atomic E-state index is 9.63. The number of aromatic nitrogens is 2. The van der Waals surface area contributed by atoms with E-state index in [0.29, 0.717) is 40.1 Å². The highest BCUT2D eigenvalue weighted by Crippen LogP contribution is 2.26. The van der Waals surface area contributed by atoms with E-state index in [-0.39, 0.29) is 0 Å². The number of fused-ring (bicyclic) bond motifs is 1. The largest absolute Gasteiger partial charge is 0.383 e. The number of nitrogens with two attached hydrogens (primary N) is 1. The summed E-state index contributed by atoms with van der Waals surface area (Å²) >= 11 is 12.1. The lowest BCUT2D eigenvalue weighted by Crippen LogP contribution is -2.06. The van der Waals surface area contributed by atoms with E-state index in [9.17, 15) is 5.26 Å². The SMILES string of the molecule is N#Cc1c(Cc2cccc3ccccc23)nn(Cc2ccc(Cl)c(Cl)c2)c1N. The molecule has 4 aromatic rings. The molecule has 0 saturated carbocycles. The Labute approximate surface area is 172 Å². The van der Waals surface area contributed by atoms with Crippen LogP contribution in [0.1, 0.15) is 22.4 Å². The second-order valence-corrected chi connectivity index (χ2v) is 7.35. The molecular formula is C22H16Cl2N4. The van der Waals surface area contributed by atoms with Crippen molar-refractivity contribution in [1.82, 2.24) is 9.78 Å². The molecule has 0 saturated heterocycles. The van der Waals surface area contributed by atoms with Gasteiger partial charge in [0, 0.05) is 6.42 Å². The van der Waals surface area contributed by atoms with Crippen LogP contribution >= 0.6 is 23.2 Å². The summed E-state index contributed by atoms with van der Waals surface area (Å²) in [6, 6.07) is 21.9. The van der Waals surface area contributed by atoms with Gasteiger partial charge in [0.1, 0.15) is 17.5 Å². The van der Waals surface area contributed by atoms with Gasteiger partial charge in [-0.2, -0.15) is 10.4 Å². The van der Waals surface area contributed by atoms with E-state index in [0.717, 1.165) is 21.9 Å². The molecule has 1 aromatic heterocycles. The van der Waals surface area contributed by atoms with Gasteiger partial charge >= 0.3 is 0 Å². The number of hydrogen-bond acceptors (Lipinski definition) is 3. The first-order valence-electron chi connectivity index (χ1n) is 8.72. The van der Waals surface area contributed by atoms with Crippen molar-refractivity contribution < 1.29 is 0 Å². The summed E-state index contributed by atoms with van der Waals surface area (Å²) in [4.78, 5) is 0. The number of hydrogen-bond donors (Lipinski definition) is 1. The third-order valence-electron chi connectivity index (χ3n) is 4.73. The lowest BCUT2D eigenvalue weighted by molar-refractivity contribution is 0.685. The van der Waals surface area contributed by atoms with Gasteiger partial charge in [-0.1, -0.05) is 71.7 Å². The van der Waals surface area contributed by atoms with E-state index in [4.69, 9.17) is 28.9 Å². The van der Waals surface area contributed by atoms with Crippen LogP contribution < -0.4 is 5.73 Å². The van der Waals surface area contributed by atoms with Gasteiger partial charge in [0.25, 0.3) is 0 Å². The van der Waals surface area contributed by atoms with Crippen LogP contribution in [0.4, 0.5) is 5.82 Å². The Balaban J connectivity index is 1.71. The average Bonchev–Trinajstić information content (AvgIpc) is 2.99. The first kappa shape index (κ1) is 18.4. The van der Waals surface area contributed by atoms with Gasteiger partial charge in [-0.15, -0.1) is 0 Å². The molecule has 6 heteroatoms. The summed E-state index contributed by atoms with van der Waals surface area (Å²) < 4.78 is 1.64. The summed E-state index contributed by atoms with van der Waals surface area (Å²) in [7, 11) is 0. The molecule has 0 atom stereocenters. The van der Waals surface area contributed by atoms with Crippen LogP contribution in [0.5, 0.6) is 0 Å². The van der Waals surface area contributed by atoms with Crippen molar-refractivity contribution >= 4 is 39.8 Å². The van der Waals surface area contributed by atoms with Gasteiger partial charge < -0.3 is 5.73 Å². The zero-order valence-electron chi connectivity index (χ0n) is 14.9. The van der Waals surface area contributed by atoms with Crippen molar-refractivity contribution in [2.75, 3.05) is 5.73 Å². The topological polar surface area (TPSA) is 67.6 Å². The third-order valence-corrected chi connectivity index (χ3v) is 5.47. The van der Waals surface area contributed by atoms with E-state index < -0.39 is 0 Å². The minimum atomic E-state index is 0.351. The molecule has 0 amide bonds. The summed E-state index contributed by atoms with van der Waals surface area (Å²) in [6.45, 7) is 0.410. The molecule has 4 rings (SSSR count). The van der Waals surface area contributed by atoms with E-state index >= 15 is 0 Å². The molecule has 4 nitrogen and oxygen atoms in total. The minimum absolute atomic E-state index is 0.351. The number of anilines is 1. The van der Waals surface area contributed by atoms with Crippen LogP contribution in [0.25, 0.3) is 10.8 Å². The fourth-order valence-corrected chi connectivity index (χ4v) is 3.65. The zero-order chi connectivity index (χ0) is 19.7. The van der Waals surface area contributed by atoms with E-state index in [2.05, 4.69) is 35.4 Å². The first-order valence-corrected chi connectivity index (χ1v) is 9.48. The summed E-state index contributed by atoms with van der Waals surface area (Å²) in [5, 5.41) is 17.5. The number of nitrogen functional groups attached to an aromatic ring is 1. The minimum Gasteiger partial charge on any atom is -0.383 e. The van der Waals surface area contributed by atoms with Gasteiger partial charge in [-0.25, -0.2) is 4.68 Å². The number of nitriles is 1.